The largest absolute Gasteiger partial charge is 0.492 e. The lowest BCUT2D eigenvalue weighted by atomic mass is 10.1. The molecule has 3 aromatic rings. The van der Waals surface area contributed by atoms with Gasteiger partial charge in [-0.3, -0.25) is 4.40 Å². The third-order valence-electron chi connectivity index (χ3n) is 3.42. The quantitative estimate of drug-likeness (QED) is 0.748. The summed E-state index contributed by atoms with van der Waals surface area (Å²) < 4.78 is 7.72. The van der Waals surface area contributed by atoms with E-state index in [-0.39, 0.29) is 0 Å². The lowest BCUT2D eigenvalue weighted by Gasteiger charge is -2.14. The van der Waals surface area contributed by atoms with Crippen LogP contribution in [-0.2, 0) is 6.42 Å². The minimum atomic E-state index is 0.600. The maximum atomic E-state index is 5.82. The first-order chi connectivity index (χ1) is 10.2. The molecule has 5 heteroatoms. The van der Waals surface area contributed by atoms with Crippen LogP contribution in [0.1, 0.15) is 19.4 Å². The van der Waals surface area contributed by atoms with E-state index in [1.54, 1.807) is 12.5 Å². The molecule has 0 aliphatic carbocycles. The summed E-state index contributed by atoms with van der Waals surface area (Å²) in [4.78, 5) is 9.63. The van der Waals surface area contributed by atoms with Gasteiger partial charge in [-0.15, -0.1) is 12.6 Å². The van der Waals surface area contributed by atoms with Crippen LogP contribution in [-0.4, -0.2) is 21.0 Å². The fraction of sp³-hybridized carbons (Fsp3) is 0.250. The highest BCUT2D eigenvalue weighted by atomic mass is 32.1. The maximum Gasteiger partial charge on any atom is 0.142 e. The molecule has 0 amide bonds. The molecular weight excluding hydrogens is 282 g/mol. The third kappa shape index (κ3) is 2.49. The number of hydrogen-bond acceptors (Lipinski definition) is 4. The van der Waals surface area contributed by atoms with Crippen LogP contribution in [0.5, 0.6) is 5.75 Å². The van der Waals surface area contributed by atoms with Gasteiger partial charge in [0.2, 0.25) is 0 Å². The molecule has 0 saturated carbocycles. The van der Waals surface area contributed by atoms with Crippen LogP contribution in [0, 0.1) is 0 Å². The van der Waals surface area contributed by atoms with Crippen LogP contribution in [0.25, 0.3) is 16.9 Å². The Hall–Kier alpha value is -2.01. The van der Waals surface area contributed by atoms with Gasteiger partial charge in [-0.25, -0.2) is 9.97 Å². The molecule has 0 atom stereocenters. The van der Waals surface area contributed by atoms with Crippen molar-refractivity contribution in [2.24, 2.45) is 0 Å². The predicted molar refractivity (Wildman–Crippen MR) is 86.2 cm³/mol. The number of ether oxygens (including phenoxy) is 1. The molecule has 0 bridgehead atoms. The first-order valence-electron chi connectivity index (χ1n) is 7.01. The summed E-state index contributed by atoms with van der Waals surface area (Å²) in [5.74, 6) is 0.802. The number of imidazole rings is 1. The molecule has 0 unspecified atom stereocenters. The Morgan fingerprint density at radius 3 is 2.81 bits per heavy atom. The molecular formula is C16H17N3OS. The second kappa shape index (κ2) is 5.77. The van der Waals surface area contributed by atoms with Crippen molar-refractivity contribution in [3.05, 3.63) is 42.5 Å². The molecule has 0 N–H and O–H groups in total. The molecule has 4 nitrogen and oxygen atoms in total. The lowest BCUT2D eigenvalue weighted by molar-refractivity contribution is 0.333. The van der Waals surface area contributed by atoms with E-state index in [1.807, 2.05) is 23.6 Å². The minimum Gasteiger partial charge on any atom is -0.492 e. The van der Waals surface area contributed by atoms with Crippen LogP contribution >= 0.6 is 12.6 Å². The maximum absolute atomic E-state index is 5.82. The number of nitrogens with zero attached hydrogens (tertiary/aromatic N) is 3. The second-order valence-corrected chi connectivity index (χ2v) is 5.16. The highest BCUT2D eigenvalue weighted by Crippen LogP contribution is 2.37. The van der Waals surface area contributed by atoms with E-state index >= 15 is 0 Å². The smallest absolute Gasteiger partial charge is 0.142 e. The van der Waals surface area contributed by atoms with E-state index in [1.165, 1.54) is 5.56 Å². The Morgan fingerprint density at radius 2 is 2.10 bits per heavy atom. The number of benzene rings is 1. The van der Waals surface area contributed by atoms with Gasteiger partial charge in [0.15, 0.2) is 0 Å². The molecule has 0 aliphatic heterocycles. The summed E-state index contributed by atoms with van der Waals surface area (Å²) in [5, 5.41) is 0. The average Bonchev–Trinajstić information content (AvgIpc) is 2.93. The van der Waals surface area contributed by atoms with Crippen molar-refractivity contribution in [2.75, 3.05) is 6.61 Å². The van der Waals surface area contributed by atoms with Crippen LogP contribution in [0.2, 0.25) is 0 Å². The van der Waals surface area contributed by atoms with Crippen molar-refractivity contribution in [1.29, 1.82) is 0 Å². The summed E-state index contributed by atoms with van der Waals surface area (Å²) in [6, 6.07) is 6.02. The highest BCUT2D eigenvalue weighted by Gasteiger charge is 2.15. The van der Waals surface area contributed by atoms with Gasteiger partial charge in [0.25, 0.3) is 0 Å². The Bertz CT molecular complexity index is 749. The summed E-state index contributed by atoms with van der Waals surface area (Å²) in [5.41, 5.74) is 3.87. The van der Waals surface area contributed by atoms with E-state index in [9.17, 15) is 0 Å². The van der Waals surface area contributed by atoms with E-state index in [2.05, 4.69) is 41.7 Å². The molecule has 0 spiro atoms. The van der Waals surface area contributed by atoms with Crippen molar-refractivity contribution in [3.8, 4) is 17.0 Å². The van der Waals surface area contributed by atoms with Gasteiger partial charge in [0, 0.05) is 18.0 Å². The Morgan fingerprint density at radius 1 is 1.24 bits per heavy atom. The van der Waals surface area contributed by atoms with Crippen molar-refractivity contribution in [1.82, 2.24) is 14.4 Å². The lowest BCUT2D eigenvalue weighted by Crippen LogP contribution is -1.98. The van der Waals surface area contributed by atoms with Crippen LogP contribution < -0.4 is 4.74 Å². The fourth-order valence-corrected chi connectivity index (χ4v) is 2.78. The summed E-state index contributed by atoms with van der Waals surface area (Å²) in [7, 11) is 0. The number of rotatable bonds is 4. The van der Waals surface area contributed by atoms with E-state index < -0.39 is 0 Å². The van der Waals surface area contributed by atoms with Crippen molar-refractivity contribution >= 4 is 18.3 Å². The molecule has 0 aliphatic rings. The molecule has 0 radical (unpaired) electrons. The average molecular weight is 299 g/mol. The predicted octanol–water partition coefficient (Wildman–Crippen LogP) is 3.65. The molecule has 0 fully saturated rings. The normalized spacial score (nSPS) is 11.0. The first-order valence-corrected chi connectivity index (χ1v) is 7.46. The van der Waals surface area contributed by atoms with Gasteiger partial charge in [-0.1, -0.05) is 13.0 Å². The summed E-state index contributed by atoms with van der Waals surface area (Å²) in [6.45, 7) is 4.69. The number of thiol groups is 1. The van der Waals surface area contributed by atoms with E-state index in [0.29, 0.717) is 6.61 Å². The van der Waals surface area contributed by atoms with E-state index in [4.69, 9.17) is 4.74 Å². The molecule has 21 heavy (non-hydrogen) atoms. The van der Waals surface area contributed by atoms with E-state index in [0.717, 1.165) is 34.0 Å². The topological polar surface area (TPSA) is 39.4 Å². The number of hydrogen-bond donors (Lipinski definition) is 1. The molecule has 3 rings (SSSR count). The van der Waals surface area contributed by atoms with Gasteiger partial charge >= 0.3 is 0 Å². The zero-order valence-corrected chi connectivity index (χ0v) is 13.0. The van der Waals surface area contributed by atoms with Crippen molar-refractivity contribution in [3.63, 3.8) is 0 Å². The zero-order valence-electron chi connectivity index (χ0n) is 12.1. The van der Waals surface area contributed by atoms with Gasteiger partial charge in [0.05, 0.1) is 17.2 Å². The number of aryl methyl sites for hydroxylation is 1. The Labute approximate surface area is 129 Å². The fourth-order valence-electron chi connectivity index (χ4n) is 2.36. The van der Waals surface area contributed by atoms with Gasteiger partial charge < -0.3 is 4.74 Å². The monoisotopic (exact) mass is 299 g/mol. The Balaban J connectivity index is 2.18. The summed E-state index contributed by atoms with van der Waals surface area (Å²) in [6.07, 6.45) is 6.36. The molecule has 2 heterocycles. The van der Waals surface area contributed by atoms with Crippen molar-refractivity contribution in [2.45, 2.75) is 25.2 Å². The zero-order chi connectivity index (χ0) is 14.8. The third-order valence-corrected chi connectivity index (χ3v) is 3.91. The number of fused-ring (bicyclic) bond motifs is 1. The molecule has 0 saturated heterocycles. The number of aromatic nitrogens is 3. The molecule has 1 aromatic carbocycles. The molecule has 108 valence electrons. The second-order valence-electron chi connectivity index (χ2n) is 4.71. The minimum absolute atomic E-state index is 0.600. The first kappa shape index (κ1) is 13.9. The summed E-state index contributed by atoms with van der Waals surface area (Å²) >= 11 is 4.64. The van der Waals surface area contributed by atoms with Gasteiger partial charge in [-0.05, 0) is 31.0 Å². The Kier molecular flexibility index (Phi) is 3.84. The highest BCUT2D eigenvalue weighted by molar-refractivity contribution is 7.80. The molecule has 2 aromatic heterocycles. The van der Waals surface area contributed by atoms with Crippen LogP contribution in [0.3, 0.4) is 0 Å². The SMILES string of the molecule is CCOc1c(-c2cn3cnccc3n2)ccc(CC)c1S. The van der Waals surface area contributed by atoms with Crippen molar-refractivity contribution < 1.29 is 4.74 Å². The van der Waals surface area contributed by atoms with Crippen LogP contribution in [0.4, 0.5) is 0 Å². The van der Waals surface area contributed by atoms with Gasteiger partial charge in [0.1, 0.15) is 17.7 Å². The standard InChI is InChI=1S/C16H17N3OS/c1-3-11-5-6-12(15(16(11)21)20-4-2)13-9-19-10-17-8-7-14(19)18-13/h5-10,21H,3-4H2,1-2H3. The van der Waals surface area contributed by atoms with Crippen LogP contribution in [0.15, 0.2) is 41.8 Å². The van der Waals surface area contributed by atoms with Gasteiger partial charge in [-0.2, -0.15) is 0 Å².